The van der Waals surface area contributed by atoms with Crippen molar-refractivity contribution in [2.45, 2.75) is 18.5 Å². The Balaban J connectivity index is 1.68. The smallest absolute Gasteiger partial charge is 0.255 e. The maximum atomic E-state index is 14.4. The zero-order chi connectivity index (χ0) is 19.4. The second kappa shape index (κ2) is 8.43. The summed E-state index contributed by atoms with van der Waals surface area (Å²) in [6.07, 6.45) is 2.32. The fraction of sp³-hybridized carbons (Fsp3) is 0.368. The molecule has 2 atom stereocenters. The van der Waals surface area contributed by atoms with Crippen molar-refractivity contribution in [2.75, 3.05) is 32.1 Å². The second-order valence-electron chi connectivity index (χ2n) is 6.66. The van der Waals surface area contributed by atoms with Gasteiger partial charge in [0.05, 0.1) is 24.5 Å². The number of aromatic nitrogens is 1. The number of likely N-dealkylation sites (tertiary alicyclic amines) is 1. The third-order valence-electron chi connectivity index (χ3n) is 4.59. The molecule has 3 N–H and O–H groups in total. The molecule has 0 spiro atoms. The third kappa shape index (κ3) is 4.60. The first-order valence-electron chi connectivity index (χ1n) is 8.74. The highest BCUT2D eigenvalue weighted by Gasteiger charge is 2.31. The SMILES string of the molecule is COC[C@@H]1C[C@@H](N)CN1CC(=O)Nc1ccc(-n2ccccc2=O)cc1F. The molecule has 0 radical (unpaired) electrons. The Morgan fingerprint density at radius 1 is 1.37 bits per heavy atom. The van der Waals surface area contributed by atoms with E-state index in [-0.39, 0.29) is 35.8 Å². The summed E-state index contributed by atoms with van der Waals surface area (Å²) in [7, 11) is 1.61. The van der Waals surface area contributed by atoms with Crippen LogP contribution in [-0.2, 0) is 9.53 Å². The number of nitrogens with two attached hydrogens (primary N) is 1. The fourth-order valence-corrected chi connectivity index (χ4v) is 3.35. The number of hydrogen-bond acceptors (Lipinski definition) is 5. The topological polar surface area (TPSA) is 89.6 Å². The van der Waals surface area contributed by atoms with Crippen molar-refractivity contribution in [1.29, 1.82) is 0 Å². The molecule has 3 rings (SSSR count). The highest BCUT2D eigenvalue weighted by atomic mass is 19.1. The Bertz CT molecular complexity index is 870. The van der Waals surface area contributed by atoms with Crippen molar-refractivity contribution in [1.82, 2.24) is 9.47 Å². The van der Waals surface area contributed by atoms with E-state index < -0.39 is 5.82 Å². The number of carbonyl (C=O) groups is 1. The number of nitrogens with one attached hydrogen (secondary N) is 1. The first-order chi connectivity index (χ1) is 13.0. The maximum absolute atomic E-state index is 14.4. The Labute approximate surface area is 156 Å². The molecule has 8 heteroatoms. The quantitative estimate of drug-likeness (QED) is 0.786. The molecule has 1 aromatic carbocycles. The van der Waals surface area contributed by atoms with Gasteiger partial charge in [-0.1, -0.05) is 6.07 Å². The lowest BCUT2D eigenvalue weighted by molar-refractivity contribution is -0.117. The van der Waals surface area contributed by atoms with Gasteiger partial charge in [0.25, 0.3) is 5.56 Å². The first-order valence-corrected chi connectivity index (χ1v) is 8.74. The summed E-state index contributed by atoms with van der Waals surface area (Å²) < 4.78 is 20.9. The molecule has 7 nitrogen and oxygen atoms in total. The Morgan fingerprint density at radius 3 is 2.89 bits per heavy atom. The normalized spacial score (nSPS) is 20.0. The third-order valence-corrected chi connectivity index (χ3v) is 4.59. The van der Waals surface area contributed by atoms with E-state index in [1.807, 2.05) is 4.90 Å². The van der Waals surface area contributed by atoms with E-state index in [1.165, 1.54) is 22.8 Å². The molecule has 0 saturated carbocycles. The number of nitrogens with zero attached hydrogens (tertiary/aromatic N) is 2. The number of carbonyl (C=O) groups excluding carboxylic acids is 1. The minimum Gasteiger partial charge on any atom is -0.383 e. The number of ether oxygens (including phenoxy) is 1. The van der Waals surface area contributed by atoms with Gasteiger partial charge in [-0.3, -0.25) is 19.1 Å². The standard InChI is InChI=1S/C19H23FN4O3/c1-27-12-15-8-13(21)10-23(15)11-18(25)22-17-6-5-14(9-16(17)20)24-7-3-2-4-19(24)26/h2-7,9,13,15H,8,10-12,21H2,1H3,(H,22,25)/t13-,15+/m1/s1. The molecular formula is C19H23FN4O3. The molecule has 2 heterocycles. The van der Waals surface area contributed by atoms with Gasteiger partial charge in [0.1, 0.15) is 5.82 Å². The van der Waals surface area contributed by atoms with E-state index >= 15 is 0 Å². The number of anilines is 1. The van der Waals surface area contributed by atoms with E-state index in [9.17, 15) is 14.0 Å². The molecule has 0 unspecified atom stereocenters. The van der Waals surface area contributed by atoms with Crippen LogP contribution in [-0.4, -0.2) is 54.3 Å². The van der Waals surface area contributed by atoms with Gasteiger partial charge in [-0.2, -0.15) is 0 Å². The average Bonchev–Trinajstić information content (AvgIpc) is 2.96. The minimum absolute atomic E-state index is 0.00171. The van der Waals surface area contributed by atoms with Gasteiger partial charge in [0.2, 0.25) is 5.91 Å². The molecule has 1 aliphatic rings. The summed E-state index contributed by atoms with van der Waals surface area (Å²) in [6, 6.07) is 9.02. The zero-order valence-electron chi connectivity index (χ0n) is 15.1. The fourth-order valence-electron chi connectivity index (χ4n) is 3.35. The van der Waals surface area contributed by atoms with Gasteiger partial charge in [0, 0.05) is 44.1 Å². The molecule has 1 saturated heterocycles. The van der Waals surface area contributed by atoms with Crippen molar-refractivity contribution in [3.63, 3.8) is 0 Å². The minimum atomic E-state index is -0.608. The van der Waals surface area contributed by atoms with Crippen LogP contribution in [0.25, 0.3) is 5.69 Å². The predicted octanol–water partition coefficient (Wildman–Crippen LogP) is 0.963. The molecule has 27 heavy (non-hydrogen) atoms. The lowest BCUT2D eigenvalue weighted by atomic mass is 10.2. The number of benzene rings is 1. The van der Waals surface area contributed by atoms with Crippen LogP contribution in [0.5, 0.6) is 0 Å². The van der Waals surface area contributed by atoms with Crippen LogP contribution < -0.4 is 16.6 Å². The summed E-state index contributed by atoms with van der Waals surface area (Å²) in [5, 5.41) is 2.58. The van der Waals surface area contributed by atoms with Gasteiger partial charge in [-0.25, -0.2) is 4.39 Å². The van der Waals surface area contributed by atoms with E-state index in [1.54, 1.807) is 31.5 Å². The summed E-state index contributed by atoms with van der Waals surface area (Å²) in [6.45, 7) is 1.21. The molecular weight excluding hydrogens is 351 g/mol. The summed E-state index contributed by atoms with van der Waals surface area (Å²) >= 11 is 0. The van der Waals surface area contributed by atoms with Crippen molar-refractivity contribution in [3.8, 4) is 5.69 Å². The van der Waals surface area contributed by atoms with Gasteiger partial charge in [-0.05, 0) is 24.6 Å². The summed E-state index contributed by atoms with van der Waals surface area (Å²) in [4.78, 5) is 26.1. The van der Waals surface area contributed by atoms with Crippen LogP contribution in [0.15, 0.2) is 47.4 Å². The van der Waals surface area contributed by atoms with Crippen molar-refractivity contribution < 1.29 is 13.9 Å². The largest absolute Gasteiger partial charge is 0.383 e. The zero-order valence-corrected chi connectivity index (χ0v) is 15.1. The number of amides is 1. The molecule has 1 fully saturated rings. The number of hydrogen-bond donors (Lipinski definition) is 2. The highest BCUT2D eigenvalue weighted by molar-refractivity contribution is 5.92. The second-order valence-corrected chi connectivity index (χ2v) is 6.66. The lowest BCUT2D eigenvalue weighted by Gasteiger charge is -2.23. The van der Waals surface area contributed by atoms with E-state index in [0.717, 1.165) is 6.42 Å². The molecule has 0 bridgehead atoms. The van der Waals surface area contributed by atoms with E-state index in [0.29, 0.717) is 18.8 Å². The Hall–Kier alpha value is -2.55. The van der Waals surface area contributed by atoms with Gasteiger partial charge in [0.15, 0.2) is 0 Å². The first kappa shape index (κ1) is 19.2. The van der Waals surface area contributed by atoms with Gasteiger partial charge in [-0.15, -0.1) is 0 Å². The average molecular weight is 374 g/mol. The van der Waals surface area contributed by atoms with Crippen LogP contribution in [0, 0.1) is 5.82 Å². The predicted molar refractivity (Wildman–Crippen MR) is 100 cm³/mol. The molecule has 144 valence electrons. The van der Waals surface area contributed by atoms with Gasteiger partial charge < -0.3 is 15.8 Å². The number of pyridine rings is 1. The number of halogens is 1. The molecule has 1 amide bonds. The maximum Gasteiger partial charge on any atom is 0.255 e. The van der Waals surface area contributed by atoms with Crippen LogP contribution in [0.4, 0.5) is 10.1 Å². The van der Waals surface area contributed by atoms with Crippen LogP contribution in [0.1, 0.15) is 6.42 Å². The summed E-state index contributed by atoms with van der Waals surface area (Å²) in [5.41, 5.74) is 6.16. The Morgan fingerprint density at radius 2 is 2.19 bits per heavy atom. The monoisotopic (exact) mass is 374 g/mol. The lowest BCUT2D eigenvalue weighted by Crippen LogP contribution is -2.39. The molecule has 0 aliphatic carbocycles. The number of methoxy groups -OCH3 is 1. The van der Waals surface area contributed by atoms with Crippen LogP contribution in [0.3, 0.4) is 0 Å². The molecule has 1 aliphatic heterocycles. The van der Waals surface area contributed by atoms with Crippen molar-refractivity contribution in [3.05, 3.63) is 58.8 Å². The summed E-state index contributed by atoms with van der Waals surface area (Å²) in [5.74, 6) is -0.933. The number of rotatable bonds is 6. The van der Waals surface area contributed by atoms with E-state index in [2.05, 4.69) is 5.32 Å². The van der Waals surface area contributed by atoms with Gasteiger partial charge >= 0.3 is 0 Å². The van der Waals surface area contributed by atoms with Crippen molar-refractivity contribution >= 4 is 11.6 Å². The highest BCUT2D eigenvalue weighted by Crippen LogP contribution is 2.19. The van der Waals surface area contributed by atoms with Crippen LogP contribution in [0.2, 0.25) is 0 Å². The van der Waals surface area contributed by atoms with Crippen LogP contribution >= 0.6 is 0 Å². The Kier molecular flexibility index (Phi) is 6.00. The molecule has 2 aromatic rings. The van der Waals surface area contributed by atoms with Crippen molar-refractivity contribution in [2.24, 2.45) is 5.73 Å². The van der Waals surface area contributed by atoms with E-state index in [4.69, 9.17) is 10.5 Å². The molecule has 1 aromatic heterocycles.